The molecule has 0 atom stereocenters. The van der Waals surface area contributed by atoms with Gasteiger partial charge in [0.1, 0.15) is 0 Å². The number of methoxy groups -OCH3 is 1. The monoisotopic (exact) mass is 477 g/mol. The summed E-state index contributed by atoms with van der Waals surface area (Å²) in [4.78, 5) is 26.4. The number of ether oxygens (including phenoxy) is 3. The number of carbonyl (C=O) groups is 2. The molecule has 9 heteroatoms. The third kappa shape index (κ3) is 5.39. The van der Waals surface area contributed by atoms with Crippen LogP contribution >= 0.6 is 35.6 Å². The van der Waals surface area contributed by atoms with Gasteiger partial charge >= 0.3 is 5.97 Å². The Morgan fingerprint density at radius 1 is 1.23 bits per heavy atom. The molecule has 0 radical (unpaired) electrons. The van der Waals surface area contributed by atoms with Crippen molar-refractivity contribution >= 4 is 63.5 Å². The summed E-state index contributed by atoms with van der Waals surface area (Å²) in [5.74, 6) is -0.154. The standard InChI is InChI=1S/C22H20ClNO5S2/c1-4-28-17-10-14(9-16(23)20(17)29-12-19(25)27-3)11-18-21(26)24(22(30)31-18)15-7-5-13(2)6-8-15/h5-11H,4,12H2,1-3H3/b18-11+. The highest BCUT2D eigenvalue weighted by Crippen LogP contribution is 2.40. The second kappa shape index (κ2) is 10.2. The fourth-order valence-corrected chi connectivity index (χ4v) is 4.37. The summed E-state index contributed by atoms with van der Waals surface area (Å²) in [6.45, 7) is 3.86. The van der Waals surface area contributed by atoms with E-state index in [4.69, 9.17) is 33.3 Å². The third-order valence-corrected chi connectivity index (χ3v) is 5.86. The van der Waals surface area contributed by atoms with Crippen LogP contribution in [-0.2, 0) is 14.3 Å². The highest BCUT2D eigenvalue weighted by Gasteiger charge is 2.33. The van der Waals surface area contributed by atoms with Crippen LogP contribution in [0.4, 0.5) is 5.69 Å². The predicted molar refractivity (Wildman–Crippen MR) is 127 cm³/mol. The number of amides is 1. The lowest BCUT2D eigenvalue weighted by Crippen LogP contribution is -2.27. The Balaban J connectivity index is 1.90. The predicted octanol–water partition coefficient (Wildman–Crippen LogP) is 5.00. The topological polar surface area (TPSA) is 65.1 Å². The van der Waals surface area contributed by atoms with E-state index in [9.17, 15) is 9.59 Å². The van der Waals surface area contributed by atoms with Crippen LogP contribution in [0.3, 0.4) is 0 Å². The summed E-state index contributed by atoms with van der Waals surface area (Å²) in [5.41, 5.74) is 2.46. The number of thioether (sulfide) groups is 1. The van der Waals surface area contributed by atoms with E-state index in [1.54, 1.807) is 18.2 Å². The highest BCUT2D eigenvalue weighted by molar-refractivity contribution is 8.27. The van der Waals surface area contributed by atoms with Gasteiger partial charge in [-0.1, -0.05) is 53.3 Å². The molecule has 0 saturated carbocycles. The Morgan fingerprint density at radius 3 is 2.58 bits per heavy atom. The van der Waals surface area contributed by atoms with Gasteiger partial charge in [0.25, 0.3) is 5.91 Å². The zero-order chi connectivity index (χ0) is 22.5. The number of aryl methyl sites for hydroxylation is 1. The number of rotatable bonds is 7. The lowest BCUT2D eigenvalue weighted by Gasteiger charge is -2.15. The number of halogens is 1. The van der Waals surface area contributed by atoms with Crippen molar-refractivity contribution in [3.63, 3.8) is 0 Å². The molecular formula is C22H20ClNO5S2. The first-order valence-corrected chi connectivity index (χ1v) is 10.9. The second-order valence-electron chi connectivity index (χ2n) is 6.48. The first-order valence-electron chi connectivity index (χ1n) is 9.34. The Hall–Kier alpha value is -2.55. The number of hydrogen-bond donors (Lipinski definition) is 0. The summed E-state index contributed by atoms with van der Waals surface area (Å²) in [7, 11) is 1.27. The number of thiocarbonyl (C=S) groups is 1. The van der Waals surface area contributed by atoms with E-state index in [-0.39, 0.29) is 23.3 Å². The van der Waals surface area contributed by atoms with Crippen LogP contribution in [-0.4, -0.2) is 36.5 Å². The Kier molecular flexibility index (Phi) is 7.59. The lowest BCUT2D eigenvalue weighted by atomic mass is 10.1. The fourth-order valence-electron chi connectivity index (χ4n) is 2.80. The molecule has 1 amide bonds. The van der Waals surface area contributed by atoms with Gasteiger partial charge in [-0.25, -0.2) is 4.79 Å². The quantitative estimate of drug-likeness (QED) is 0.315. The minimum Gasteiger partial charge on any atom is -0.490 e. The highest BCUT2D eigenvalue weighted by atomic mass is 35.5. The molecule has 6 nitrogen and oxygen atoms in total. The van der Waals surface area contributed by atoms with Gasteiger partial charge in [0.05, 0.1) is 29.3 Å². The van der Waals surface area contributed by atoms with Crippen LogP contribution in [0.2, 0.25) is 5.02 Å². The van der Waals surface area contributed by atoms with Gasteiger partial charge in [-0.2, -0.15) is 0 Å². The summed E-state index contributed by atoms with van der Waals surface area (Å²) in [6.07, 6.45) is 1.70. The molecule has 0 N–H and O–H groups in total. The molecule has 0 spiro atoms. The lowest BCUT2D eigenvalue weighted by molar-refractivity contribution is -0.142. The molecule has 0 aliphatic carbocycles. The van der Waals surface area contributed by atoms with Crippen molar-refractivity contribution in [2.45, 2.75) is 13.8 Å². The molecule has 31 heavy (non-hydrogen) atoms. The number of anilines is 1. The van der Waals surface area contributed by atoms with E-state index in [0.29, 0.717) is 27.1 Å². The molecule has 0 unspecified atom stereocenters. The van der Waals surface area contributed by atoms with Crippen LogP contribution in [0.5, 0.6) is 11.5 Å². The van der Waals surface area contributed by atoms with Gasteiger partial charge in [-0.3, -0.25) is 9.69 Å². The average Bonchev–Trinajstić information content (AvgIpc) is 3.01. The van der Waals surface area contributed by atoms with Crippen LogP contribution < -0.4 is 14.4 Å². The number of esters is 1. The Morgan fingerprint density at radius 2 is 1.94 bits per heavy atom. The van der Waals surface area contributed by atoms with Gasteiger partial charge in [0.2, 0.25) is 0 Å². The van der Waals surface area contributed by atoms with Gasteiger partial charge in [0, 0.05) is 0 Å². The molecule has 1 heterocycles. The molecular weight excluding hydrogens is 458 g/mol. The number of hydrogen-bond acceptors (Lipinski definition) is 7. The SMILES string of the molecule is CCOc1cc(/C=C2/SC(=S)N(c3ccc(C)cc3)C2=O)cc(Cl)c1OCC(=O)OC. The summed E-state index contributed by atoms with van der Waals surface area (Å²) < 4.78 is 16.1. The van der Waals surface area contributed by atoms with Gasteiger partial charge in [-0.05, 0) is 49.8 Å². The normalized spacial score (nSPS) is 14.8. The molecule has 0 bridgehead atoms. The molecule has 1 aliphatic heterocycles. The average molecular weight is 478 g/mol. The van der Waals surface area contributed by atoms with Gasteiger partial charge < -0.3 is 14.2 Å². The van der Waals surface area contributed by atoms with Crippen molar-refractivity contribution in [2.75, 3.05) is 25.2 Å². The Bertz CT molecular complexity index is 1050. The number of carbonyl (C=O) groups excluding carboxylic acids is 2. The fraction of sp³-hybridized carbons (Fsp3) is 0.227. The van der Waals surface area contributed by atoms with Crippen molar-refractivity contribution in [3.05, 3.63) is 57.5 Å². The van der Waals surface area contributed by atoms with Gasteiger partial charge in [0.15, 0.2) is 22.4 Å². The van der Waals surface area contributed by atoms with E-state index in [2.05, 4.69) is 4.74 Å². The molecule has 0 aromatic heterocycles. The molecule has 1 fully saturated rings. The van der Waals surface area contributed by atoms with Crippen molar-refractivity contribution in [2.24, 2.45) is 0 Å². The van der Waals surface area contributed by atoms with Crippen LogP contribution in [0.1, 0.15) is 18.1 Å². The zero-order valence-electron chi connectivity index (χ0n) is 17.1. The maximum Gasteiger partial charge on any atom is 0.343 e. The molecule has 1 aliphatic rings. The first-order chi connectivity index (χ1) is 14.8. The summed E-state index contributed by atoms with van der Waals surface area (Å²) >= 11 is 13.0. The van der Waals surface area contributed by atoms with Crippen LogP contribution in [0.15, 0.2) is 41.3 Å². The van der Waals surface area contributed by atoms with Crippen LogP contribution in [0, 0.1) is 6.92 Å². The van der Waals surface area contributed by atoms with Gasteiger partial charge in [-0.15, -0.1) is 0 Å². The van der Waals surface area contributed by atoms with E-state index < -0.39 is 5.97 Å². The van der Waals surface area contributed by atoms with Crippen molar-refractivity contribution in [1.29, 1.82) is 0 Å². The molecule has 3 rings (SSSR count). The number of benzene rings is 2. The maximum absolute atomic E-state index is 13.0. The van der Waals surface area contributed by atoms with E-state index in [0.717, 1.165) is 11.3 Å². The first kappa shape index (κ1) is 23.1. The molecule has 2 aromatic carbocycles. The Labute approximate surface area is 195 Å². The van der Waals surface area contributed by atoms with Crippen molar-refractivity contribution in [1.82, 2.24) is 0 Å². The van der Waals surface area contributed by atoms with Crippen LogP contribution in [0.25, 0.3) is 6.08 Å². The van der Waals surface area contributed by atoms with E-state index >= 15 is 0 Å². The van der Waals surface area contributed by atoms with E-state index in [1.165, 1.54) is 23.8 Å². The molecule has 1 saturated heterocycles. The summed E-state index contributed by atoms with van der Waals surface area (Å²) in [6, 6.07) is 10.9. The molecule has 2 aromatic rings. The number of nitrogens with zero attached hydrogens (tertiary/aromatic N) is 1. The van der Waals surface area contributed by atoms with Crippen molar-refractivity contribution < 1.29 is 23.8 Å². The summed E-state index contributed by atoms with van der Waals surface area (Å²) in [5, 5.41) is 0.245. The van der Waals surface area contributed by atoms with Crippen molar-refractivity contribution in [3.8, 4) is 11.5 Å². The van der Waals surface area contributed by atoms with E-state index in [1.807, 2.05) is 38.1 Å². The minimum atomic E-state index is -0.539. The zero-order valence-corrected chi connectivity index (χ0v) is 19.5. The third-order valence-electron chi connectivity index (χ3n) is 4.28. The smallest absolute Gasteiger partial charge is 0.343 e. The second-order valence-corrected chi connectivity index (χ2v) is 8.56. The minimum absolute atomic E-state index is 0.209. The molecule has 162 valence electrons. The largest absolute Gasteiger partial charge is 0.490 e. The maximum atomic E-state index is 13.0.